The molecule has 1 heterocycles. The van der Waals surface area contributed by atoms with Crippen LogP contribution in [-0.4, -0.2) is 28.5 Å². The van der Waals surface area contributed by atoms with Crippen LogP contribution in [-0.2, 0) is 21.3 Å². The predicted molar refractivity (Wildman–Crippen MR) is 109 cm³/mol. The number of amides is 1. The zero-order valence-corrected chi connectivity index (χ0v) is 16.5. The van der Waals surface area contributed by atoms with E-state index in [1.807, 2.05) is 24.3 Å². The molecule has 0 radical (unpaired) electrons. The summed E-state index contributed by atoms with van der Waals surface area (Å²) in [6, 6.07) is 7.89. The molecule has 1 amide bonds. The molecule has 1 aliphatic heterocycles. The Morgan fingerprint density at radius 3 is 2.65 bits per heavy atom. The summed E-state index contributed by atoms with van der Waals surface area (Å²) in [5.74, 6) is 1.36. The summed E-state index contributed by atoms with van der Waals surface area (Å²) in [4.78, 5) is 12.2. The van der Waals surface area contributed by atoms with Gasteiger partial charge in [0.05, 0.1) is 0 Å². The molecule has 2 fully saturated rings. The number of hydrogen-bond donors (Lipinski definition) is 2. The van der Waals surface area contributed by atoms with Crippen molar-refractivity contribution < 1.29 is 9.00 Å². The van der Waals surface area contributed by atoms with Gasteiger partial charge in [0.2, 0.25) is 5.91 Å². The normalized spacial score (nSPS) is 20.6. The first kappa shape index (κ1) is 19.6. The Balaban J connectivity index is 1.46. The Kier molecular flexibility index (Phi) is 7.69. The van der Waals surface area contributed by atoms with Crippen molar-refractivity contribution in [1.82, 2.24) is 5.32 Å². The molecule has 26 heavy (non-hydrogen) atoms. The van der Waals surface area contributed by atoms with E-state index < -0.39 is 10.8 Å². The monoisotopic (exact) mass is 376 g/mol. The summed E-state index contributed by atoms with van der Waals surface area (Å²) in [7, 11) is -0.804. The van der Waals surface area contributed by atoms with E-state index >= 15 is 0 Å². The van der Waals surface area contributed by atoms with Crippen molar-refractivity contribution in [3.63, 3.8) is 0 Å². The highest BCUT2D eigenvalue weighted by molar-refractivity contribution is 7.84. The molecule has 1 saturated heterocycles. The second kappa shape index (κ2) is 10.2. The quantitative estimate of drug-likeness (QED) is 0.756. The number of hydrogen-bond acceptors (Lipinski definition) is 3. The Morgan fingerprint density at radius 2 is 1.88 bits per heavy atom. The maximum Gasteiger partial charge on any atom is 0.224 e. The molecule has 0 aromatic heterocycles. The highest BCUT2D eigenvalue weighted by Gasteiger charge is 2.20. The average molecular weight is 377 g/mol. The predicted octanol–water partition coefficient (Wildman–Crippen LogP) is 3.99. The summed E-state index contributed by atoms with van der Waals surface area (Å²) < 4.78 is 12.6. The van der Waals surface area contributed by atoms with E-state index in [4.69, 9.17) is 0 Å². The number of rotatable bonds is 7. The fourth-order valence-electron chi connectivity index (χ4n) is 4.08. The van der Waals surface area contributed by atoms with Crippen LogP contribution >= 0.6 is 0 Å². The molecule has 1 aliphatic carbocycles. The minimum absolute atomic E-state index is 0.0917. The van der Waals surface area contributed by atoms with Crippen molar-refractivity contribution in [3.8, 4) is 0 Å². The van der Waals surface area contributed by atoms with E-state index in [1.54, 1.807) is 0 Å². The van der Waals surface area contributed by atoms with Crippen LogP contribution in [0.15, 0.2) is 24.3 Å². The van der Waals surface area contributed by atoms with Crippen LogP contribution in [0.3, 0.4) is 0 Å². The van der Waals surface area contributed by atoms with Crippen LogP contribution in [0.1, 0.15) is 63.4 Å². The topological polar surface area (TPSA) is 58.2 Å². The van der Waals surface area contributed by atoms with Crippen molar-refractivity contribution in [3.05, 3.63) is 29.8 Å². The van der Waals surface area contributed by atoms with Crippen molar-refractivity contribution in [2.75, 3.05) is 18.4 Å². The van der Waals surface area contributed by atoms with Gasteiger partial charge in [0.1, 0.15) is 0 Å². The smallest absolute Gasteiger partial charge is 0.224 e. The maximum atomic E-state index is 12.6. The zero-order chi connectivity index (χ0) is 18.2. The molecule has 5 heteroatoms. The van der Waals surface area contributed by atoms with Crippen molar-refractivity contribution in [2.24, 2.45) is 5.92 Å². The van der Waals surface area contributed by atoms with E-state index in [1.165, 1.54) is 32.1 Å². The standard InChI is InChI=1S/C21H32N2O2S/c24-21(10-9-17-11-13-22-14-12-17)23-19-6-4-5-18(15-19)16-26(25)20-7-2-1-3-8-20/h4-6,15,17,20,22H,1-3,7-14,16H2,(H,23,24). The third kappa shape index (κ3) is 6.20. The van der Waals surface area contributed by atoms with Gasteiger partial charge in [-0.2, -0.15) is 0 Å². The number of carbonyl (C=O) groups is 1. The number of benzene rings is 1. The molecule has 1 saturated carbocycles. The van der Waals surface area contributed by atoms with E-state index in [0.29, 0.717) is 23.3 Å². The zero-order valence-electron chi connectivity index (χ0n) is 15.7. The van der Waals surface area contributed by atoms with Gasteiger partial charge in [-0.05, 0) is 68.8 Å². The van der Waals surface area contributed by atoms with Crippen LogP contribution in [0.25, 0.3) is 0 Å². The van der Waals surface area contributed by atoms with Crippen molar-refractivity contribution in [1.29, 1.82) is 0 Å². The summed E-state index contributed by atoms with van der Waals surface area (Å²) in [6.07, 6.45) is 9.81. The van der Waals surface area contributed by atoms with Crippen molar-refractivity contribution >= 4 is 22.4 Å². The third-order valence-corrected chi connectivity index (χ3v) is 7.51. The summed E-state index contributed by atoms with van der Waals surface area (Å²) >= 11 is 0. The first-order chi connectivity index (χ1) is 12.7. The van der Waals surface area contributed by atoms with Crippen molar-refractivity contribution in [2.45, 2.75) is 68.8 Å². The molecule has 1 aromatic carbocycles. The molecule has 3 rings (SSSR count). The van der Waals surface area contributed by atoms with E-state index in [0.717, 1.165) is 43.6 Å². The fourth-order valence-corrected chi connectivity index (χ4v) is 5.68. The summed E-state index contributed by atoms with van der Waals surface area (Å²) in [6.45, 7) is 2.15. The van der Waals surface area contributed by atoms with Gasteiger partial charge in [-0.25, -0.2) is 0 Å². The second-order valence-electron chi connectivity index (χ2n) is 7.77. The van der Waals surface area contributed by atoms with Gasteiger partial charge in [-0.3, -0.25) is 9.00 Å². The molecule has 1 aromatic rings. The number of nitrogens with one attached hydrogen (secondary N) is 2. The molecular formula is C21H32N2O2S. The Hall–Kier alpha value is -1.20. The number of anilines is 1. The van der Waals surface area contributed by atoms with Crippen LogP contribution in [0.5, 0.6) is 0 Å². The van der Waals surface area contributed by atoms with E-state index in [2.05, 4.69) is 10.6 Å². The Bertz CT molecular complexity index is 608. The molecule has 2 aliphatic rings. The van der Waals surface area contributed by atoms with Gasteiger partial charge in [0.25, 0.3) is 0 Å². The lowest BCUT2D eigenvalue weighted by atomic mass is 9.93. The SMILES string of the molecule is O=C(CCC1CCNCC1)Nc1cccc(CS(=O)C2CCCCC2)c1. The number of piperidine rings is 1. The van der Waals surface area contributed by atoms with Gasteiger partial charge in [0, 0.05) is 33.9 Å². The van der Waals surface area contributed by atoms with Gasteiger partial charge in [-0.15, -0.1) is 0 Å². The lowest BCUT2D eigenvalue weighted by Gasteiger charge is -2.22. The van der Waals surface area contributed by atoms with Crippen LogP contribution in [0.2, 0.25) is 0 Å². The Morgan fingerprint density at radius 1 is 1.12 bits per heavy atom. The molecule has 0 bridgehead atoms. The van der Waals surface area contributed by atoms with Crippen LogP contribution in [0.4, 0.5) is 5.69 Å². The minimum atomic E-state index is -0.804. The van der Waals surface area contributed by atoms with Crippen LogP contribution < -0.4 is 10.6 Å². The van der Waals surface area contributed by atoms with Gasteiger partial charge < -0.3 is 10.6 Å². The first-order valence-electron chi connectivity index (χ1n) is 10.2. The molecule has 1 unspecified atom stereocenters. The molecular weight excluding hydrogens is 344 g/mol. The molecule has 144 valence electrons. The van der Waals surface area contributed by atoms with Crippen LogP contribution in [0, 0.1) is 5.92 Å². The maximum absolute atomic E-state index is 12.6. The highest BCUT2D eigenvalue weighted by Crippen LogP contribution is 2.24. The largest absolute Gasteiger partial charge is 0.326 e. The van der Waals surface area contributed by atoms with Gasteiger partial charge in [-0.1, -0.05) is 31.4 Å². The van der Waals surface area contributed by atoms with Gasteiger partial charge in [0.15, 0.2) is 0 Å². The Labute approximate surface area is 160 Å². The lowest BCUT2D eigenvalue weighted by molar-refractivity contribution is -0.116. The highest BCUT2D eigenvalue weighted by atomic mass is 32.2. The third-order valence-electron chi connectivity index (χ3n) is 5.68. The summed E-state index contributed by atoms with van der Waals surface area (Å²) in [5, 5.41) is 6.74. The van der Waals surface area contributed by atoms with E-state index in [-0.39, 0.29) is 5.91 Å². The fraction of sp³-hybridized carbons (Fsp3) is 0.667. The van der Waals surface area contributed by atoms with Gasteiger partial charge >= 0.3 is 0 Å². The summed E-state index contributed by atoms with van der Waals surface area (Å²) in [5.41, 5.74) is 1.89. The minimum Gasteiger partial charge on any atom is -0.326 e. The molecule has 2 N–H and O–H groups in total. The lowest BCUT2D eigenvalue weighted by Crippen LogP contribution is -2.28. The number of carbonyl (C=O) groups excluding carboxylic acids is 1. The second-order valence-corrected chi connectivity index (χ2v) is 9.48. The first-order valence-corrected chi connectivity index (χ1v) is 11.6. The molecule has 0 spiro atoms. The average Bonchev–Trinajstić information content (AvgIpc) is 2.68. The molecule has 4 nitrogen and oxygen atoms in total. The van der Waals surface area contributed by atoms with E-state index in [9.17, 15) is 9.00 Å². The molecule has 1 atom stereocenters.